The smallest absolute Gasteiger partial charge is 0.175 e. The molecule has 0 fully saturated rings. The van der Waals surface area contributed by atoms with Crippen molar-refractivity contribution in [3.8, 4) is 23.0 Å². The molecule has 0 bridgehead atoms. The maximum Gasteiger partial charge on any atom is 0.175 e. The molecule has 5 nitrogen and oxygen atoms in total. The van der Waals surface area contributed by atoms with Crippen LogP contribution in [0.15, 0.2) is 66.7 Å². The van der Waals surface area contributed by atoms with Crippen LogP contribution in [0.1, 0.15) is 5.56 Å². The number of benzene rings is 3. The van der Waals surface area contributed by atoms with Crippen molar-refractivity contribution in [2.24, 2.45) is 0 Å². The van der Waals surface area contributed by atoms with Gasteiger partial charge >= 0.3 is 0 Å². The molecule has 0 aromatic heterocycles. The Hall–Kier alpha value is -3.25. The molecule has 0 amide bonds. The topological polar surface area (TPSA) is 51.8 Å². The van der Waals surface area contributed by atoms with Gasteiger partial charge < -0.3 is 24.8 Å². The minimum Gasteiger partial charge on any atom is -0.493 e. The van der Waals surface area contributed by atoms with Gasteiger partial charge in [-0.25, -0.2) is 0 Å². The number of rotatable bonds is 6. The number of nitrogens with one attached hydrogen (secondary N) is 2. The Balaban J connectivity index is 1.63. The molecule has 28 heavy (non-hydrogen) atoms. The van der Waals surface area contributed by atoms with Gasteiger partial charge in [0.15, 0.2) is 16.6 Å². The van der Waals surface area contributed by atoms with E-state index < -0.39 is 0 Å². The molecule has 3 aromatic rings. The molecule has 144 valence electrons. The molecule has 0 unspecified atom stereocenters. The van der Waals surface area contributed by atoms with E-state index in [9.17, 15) is 0 Å². The highest BCUT2D eigenvalue weighted by Crippen LogP contribution is 2.33. The lowest BCUT2D eigenvalue weighted by Gasteiger charge is -2.16. The predicted octanol–water partition coefficient (Wildman–Crippen LogP) is 5.61. The zero-order valence-electron chi connectivity index (χ0n) is 16.0. The number of para-hydroxylation sites is 1. The molecule has 0 saturated carbocycles. The van der Waals surface area contributed by atoms with Crippen LogP contribution in [0.25, 0.3) is 0 Å². The molecule has 0 aliphatic carbocycles. The van der Waals surface area contributed by atoms with Crippen molar-refractivity contribution < 1.29 is 14.2 Å². The molecule has 0 aliphatic rings. The van der Waals surface area contributed by atoms with E-state index in [-0.39, 0.29) is 0 Å². The SMILES string of the molecule is COc1cc(C)c(NC(=S)Nc2ccc(Oc3ccccc3)cc2)cc1OC. The van der Waals surface area contributed by atoms with Gasteiger partial charge in [-0.2, -0.15) is 0 Å². The van der Waals surface area contributed by atoms with Crippen LogP contribution in [0.5, 0.6) is 23.0 Å². The second-order valence-electron chi connectivity index (χ2n) is 6.04. The van der Waals surface area contributed by atoms with E-state index in [0.29, 0.717) is 16.6 Å². The lowest BCUT2D eigenvalue weighted by Crippen LogP contribution is -2.19. The van der Waals surface area contributed by atoms with Crippen molar-refractivity contribution in [3.63, 3.8) is 0 Å². The Morgan fingerprint density at radius 2 is 1.39 bits per heavy atom. The second-order valence-corrected chi connectivity index (χ2v) is 6.45. The summed E-state index contributed by atoms with van der Waals surface area (Å²) in [6, 6.07) is 21.0. The van der Waals surface area contributed by atoms with Crippen LogP contribution in [-0.2, 0) is 0 Å². The molecule has 2 N–H and O–H groups in total. The van der Waals surface area contributed by atoms with E-state index in [1.165, 1.54) is 0 Å². The van der Waals surface area contributed by atoms with Crippen LogP contribution < -0.4 is 24.8 Å². The Morgan fingerprint density at radius 3 is 2.04 bits per heavy atom. The molecule has 0 heterocycles. The number of thiocarbonyl (C=S) groups is 1. The molecular formula is C22H22N2O3S. The number of hydrogen-bond acceptors (Lipinski definition) is 4. The van der Waals surface area contributed by atoms with E-state index in [1.807, 2.05) is 73.7 Å². The minimum absolute atomic E-state index is 0.479. The van der Waals surface area contributed by atoms with Gasteiger partial charge in [-0.1, -0.05) is 18.2 Å². The maximum atomic E-state index is 5.80. The molecule has 3 aromatic carbocycles. The summed E-state index contributed by atoms with van der Waals surface area (Å²) >= 11 is 5.43. The van der Waals surface area contributed by atoms with Gasteiger partial charge in [0, 0.05) is 17.4 Å². The van der Waals surface area contributed by atoms with E-state index in [1.54, 1.807) is 14.2 Å². The third kappa shape index (κ3) is 4.92. The van der Waals surface area contributed by atoms with Crippen LogP contribution in [0.4, 0.5) is 11.4 Å². The largest absolute Gasteiger partial charge is 0.493 e. The van der Waals surface area contributed by atoms with Gasteiger partial charge in [-0.3, -0.25) is 0 Å². The summed E-state index contributed by atoms with van der Waals surface area (Å²) in [5.74, 6) is 2.87. The number of anilines is 2. The van der Waals surface area contributed by atoms with Gasteiger partial charge in [0.2, 0.25) is 0 Å². The number of hydrogen-bond donors (Lipinski definition) is 2. The molecule has 0 spiro atoms. The van der Waals surface area contributed by atoms with Gasteiger partial charge in [-0.15, -0.1) is 0 Å². The van der Waals surface area contributed by atoms with Gasteiger partial charge in [0.1, 0.15) is 11.5 Å². The van der Waals surface area contributed by atoms with Crippen molar-refractivity contribution in [1.82, 2.24) is 0 Å². The van der Waals surface area contributed by atoms with Gasteiger partial charge in [0.25, 0.3) is 0 Å². The first-order chi connectivity index (χ1) is 13.6. The average Bonchev–Trinajstić information content (AvgIpc) is 2.71. The van der Waals surface area contributed by atoms with Crippen LogP contribution in [0.3, 0.4) is 0 Å². The average molecular weight is 394 g/mol. The number of ether oxygens (including phenoxy) is 3. The standard InChI is InChI=1S/C22H22N2O3S/c1-15-13-20(25-2)21(26-3)14-19(15)24-22(28)23-16-9-11-18(12-10-16)27-17-7-5-4-6-8-17/h4-14H,1-3H3,(H2,23,24,28). The molecule has 3 rings (SSSR count). The third-order valence-corrected chi connectivity index (χ3v) is 4.27. The van der Waals surface area contributed by atoms with Crippen molar-refractivity contribution in [1.29, 1.82) is 0 Å². The highest BCUT2D eigenvalue weighted by atomic mass is 32.1. The third-order valence-electron chi connectivity index (χ3n) is 4.07. The van der Waals surface area contributed by atoms with Crippen molar-refractivity contribution in [2.45, 2.75) is 6.92 Å². The summed E-state index contributed by atoms with van der Waals surface area (Å²) in [5.41, 5.74) is 2.70. The summed E-state index contributed by atoms with van der Waals surface area (Å²) < 4.78 is 16.5. The summed E-state index contributed by atoms with van der Waals surface area (Å²) in [5, 5.41) is 6.84. The molecule has 0 atom stereocenters. The zero-order valence-corrected chi connectivity index (χ0v) is 16.8. The molecule has 0 aliphatic heterocycles. The zero-order chi connectivity index (χ0) is 19.9. The van der Waals surface area contributed by atoms with Gasteiger partial charge in [0.05, 0.1) is 14.2 Å². The van der Waals surface area contributed by atoms with Crippen LogP contribution in [0, 0.1) is 6.92 Å². The quantitative estimate of drug-likeness (QED) is 0.530. The van der Waals surface area contributed by atoms with Crippen LogP contribution in [0.2, 0.25) is 0 Å². The monoisotopic (exact) mass is 394 g/mol. The first-order valence-electron chi connectivity index (χ1n) is 8.72. The second kappa shape index (κ2) is 9.10. The van der Waals surface area contributed by atoms with Crippen molar-refractivity contribution in [3.05, 3.63) is 72.3 Å². The molecule has 6 heteroatoms. The molecular weight excluding hydrogens is 372 g/mol. The summed E-state index contributed by atoms with van der Waals surface area (Å²) in [6.07, 6.45) is 0. The predicted molar refractivity (Wildman–Crippen MR) is 117 cm³/mol. The Bertz CT molecular complexity index is 944. The van der Waals surface area contributed by atoms with Crippen molar-refractivity contribution in [2.75, 3.05) is 24.9 Å². The Morgan fingerprint density at radius 1 is 0.786 bits per heavy atom. The fourth-order valence-corrected chi connectivity index (χ4v) is 2.86. The van der Waals surface area contributed by atoms with E-state index in [4.69, 9.17) is 26.4 Å². The van der Waals surface area contributed by atoms with E-state index in [0.717, 1.165) is 28.4 Å². The molecule has 0 radical (unpaired) electrons. The van der Waals surface area contributed by atoms with Crippen LogP contribution in [-0.4, -0.2) is 19.3 Å². The Kier molecular flexibility index (Phi) is 6.34. The summed E-state index contributed by atoms with van der Waals surface area (Å²) in [6.45, 7) is 1.97. The Labute approximate surface area is 170 Å². The number of aryl methyl sites for hydroxylation is 1. The first kappa shape index (κ1) is 19.5. The summed E-state index contributed by atoms with van der Waals surface area (Å²) in [4.78, 5) is 0. The first-order valence-corrected chi connectivity index (χ1v) is 9.13. The maximum absolute atomic E-state index is 5.80. The highest BCUT2D eigenvalue weighted by Gasteiger charge is 2.10. The normalized spacial score (nSPS) is 10.1. The van der Waals surface area contributed by atoms with Gasteiger partial charge in [-0.05, 0) is 67.2 Å². The van der Waals surface area contributed by atoms with E-state index >= 15 is 0 Å². The fraction of sp³-hybridized carbons (Fsp3) is 0.136. The minimum atomic E-state index is 0.479. The lowest BCUT2D eigenvalue weighted by molar-refractivity contribution is 0.355. The fourth-order valence-electron chi connectivity index (χ4n) is 2.63. The van der Waals surface area contributed by atoms with E-state index in [2.05, 4.69) is 10.6 Å². The summed E-state index contributed by atoms with van der Waals surface area (Å²) in [7, 11) is 3.22. The van der Waals surface area contributed by atoms with Crippen LogP contribution >= 0.6 is 12.2 Å². The molecule has 0 saturated heterocycles. The lowest BCUT2D eigenvalue weighted by atomic mass is 10.1. The highest BCUT2D eigenvalue weighted by molar-refractivity contribution is 7.80. The number of methoxy groups -OCH3 is 2. The van der Waals surface area contributed by atoms with Crippen molar-refractivity contribution >= 4 is 28.7 Å².